The quantitative estimate of drug-likeness (QED) is 0.364. The van der Waals surface area contributed by atoms with Crippen LogP contribution in [0.5, 0.6) is 0 Å². The Labute approximate surface area is 223 Å². The van der Waals surface area contributed by atoms with Crippen molar-refractivity contribution in [1.29, 1.82) is 0 Å². The second-order valence-corrected chi connectivity index (χ2v) is 12.4. The molecular formula is C26H35FN6O4S. The molecular weight excluding hydrogens is 511 g/mol. The Balaban J connectivity index is 1.70. The fraction of sp³-hybridized carbons (Fsp3) is 0.500. The first-order chi connectivity index (χ1) is 17.9. The summed E-state index contributed by atoms with van der Waals surface area (Å²) < 4.78 is 50.5. The second kappa shape index (κ2) is 11.0. The van der Waals surface area contributed by atoms with Crippen molar-refractivity contribution in [3.05, 3.63) is 53.7 Å². The Kier molecular flexibility index (Phi) is 8.05. The Morgan fingerprint density at radius 1 is 1.21 bits per heavy atom. The minimum absolute atomic E-state index is 0.189. The molecule has 3 aromatic rings. The Morgan fingerprint density at radius 2 is 1.87 bits per heavy atom. The van der Waals surface area contributed by atoms with Gasteiger partial charge in [0.05, 0.1) is 18.4 Å². The fourth-order valence-electron chi connectivity index (χ4n) is 4.23. The van der Waals surface area contributed by atoms with Crippen molar-refractivity contribution in [2.45, 2.75) is 32.2 Å². The molecule has 1 aromatic carbocycles. The molecule has 1 aliphatic carbocycles. The molecule has 0 amide bonds. The number of pyridine rings is 1. The van der Waals surface area contributed by atoms with Crippen LogP contribution < -0.4 is 14.9 Å². The number of benzene rings is 1. The van der Waals surface area contributed by atoms with Crippen LogP contribution in [0.15, 0.2) is 40.8 Å². The van der Waals surface area contributed by atoms with Crippen LogP contribution in [0.3, 0.4) is 0 Å². The predicted molar refractivity (Wildman–Crippen MR) is 144 cm³/mol. The van der Waals surface area contributed by atoms with Gasteiger partial charge in [0.25, 0.3) is 0 Å². The van der Waals surface area contributed by atoms with Gasteiger partial charge in [0.1, 0.15) is 17.5 Å². The third kappa shape index (κ3) is 6.66. The van der Waals surface area contributed by atoms with Crippen LogP contribution in [0, 0.1) is 17.7 Å². The average molecular weight is 547 g/mol. The highest BCUT2D eigenvalue weighted by Gasteiger charge is 2.35. The minimum atomic E-state index is -3.58. The number of nitrogens with zero attached hydrogens (tertiary/aromatic N) is 5. The largest absolute Gasteiger partial charge is 0.419 e. The zero-order chi connectivity index (χ0) is 27.7. The van der Waals surface area contributed by atoms with Gasteiger partial charge in [0, 0.05) is 32.8 Å². The van der Waals surface area contributed by atoms with Crippen molar-refractivity contribution in [2.75, 3.05) is 49.3 Å². The molecule has 1 fully saturated rings. The smallest absolute Gasteiger partial charge is 0.248 e. The van der Waals surface area contributed by atoms with E-state index < -0.39 is 15.6 Å². The van der Waals surface area contributed by atoms with Gasteiger partial charge >= 0.3 is 0 Å². The maximum absolute atomic E-state index is 13.3. The number of sulfonamides is 1. The highest BCUT2D eigenvalue weighted by molar-refractivity contribution is 7.92. The molecule has 0 spiro atoms. The van der Waals surface area contributed by atoms with Crippen LogP contribution in [0.2, 0.25) is 0 Å². The zero-order valence-corrected chi connectivity index (χ0v) is 23.2. The van der Waals surface area contributed by atoms with E-state index in [0.717, 1.165) is 29.1 Å². The average Bonchev–Trinajstić information content (AvgIpc) is 3.32. The number of anilines is 2. The van der Waals surface area contributed by atoms with Crippen molar-refractivity contribution < 1.29 is 22.0 Å². The van der Waals surface area contributed by atoms with Gasteiger partial charge in [0.2, 0.25) is 21.8 Å². The van der Waals surface area contributed by atoms with Crippen LogP contribution in [0.25, 0.3) is 11.5 Å². The highest BCUT2D eigenvalue weighted by atomic mass is 32.2. The molecule has 12 heteroatoms. The van der Waals surface area contributed by atoms with Crippen LogP contribution in [0.4, 0.5) is 16.0 Å². The summed E-state index contributed by atoms with van der Waals surface area (Å²) in [6.45, 7) is 5.83. The molecule has 0 aliphatic heterocycles. The fourth-order valence-corrected chi connectivity index (χ4v) is 4.66. The van der Waals surface area contributed by atoms with E-state index in [1.54, 1.807) is 32.2 Å². The topological polar surface area (TPSA) is 128 Å². The van der Waals surface area contributed by atoms with E-state index in [9.17, 15) is 12.8 Å². The summed E-state index contributed by atoms with van der Waals surface area (Å²) in [5, 5.41) is 8.42. The lowest BCUT2D eigenvalue weighted by atomic mass is 9.94. The van der Waals surface area contributed by atoms with Crippen LogP contribution in [-0.2, 0) is 26.7 Å². The van der Waals surface area contributed by atoms with Crippen molar-refractivity contribution in [3.63, 3.8) is 0 Å². The first-order valence-corrected chi connectivity index (χ1v) is 14.3. The molecule has 10 nitrogen and oxygen atoms in total. The Bertz CT molecular complexity index is 1360. The molecule has 4 rings (SSSR count). The third-order valence-corrected chi connectivity index (χ3v) is 8.07. The van der Waals surface area contributed by atoms with Gasteiger partial charge in [-0.15, -0.1) is 10.2 Å². The maximum Gasteiger partial charge on any atom is 0.248 e. The van der Waals surface area contributed by atoms with Gasteiger partial charge in [-0.1, -0.05) is 19.1 Å². The van der Waals surface area contributed by atoms with Crippen molar-refractivity contribution in [1.82, 2.24) is 15.2 Å². The number of nitrogens with two attached hydrogens (primary N) is 1. The molecule has 2 aromatic heterocycles. The number of methoxy groups -OCH3 is 1. The molecule has 1 saturated carbocycles. The first-order valence-electron chi connectivity index (χ1n) is 12.4. The summed E-state index contributed by atoms with van der Waals surface area (Å²) in [6.07, 6.45) is 2.61. The van der Waals surface area contributed by atoms with Gasteiger partial charge in [0.15, 0.2) is 0 Å². The van der Waals surface area contributed by atoms with E-state index in [4.69, 9.17) is 14.9 Å². The van der Waals surface area contributed by atoms with Gasteiger partial charge in [-0.05, 0) is 61.4 Å². The van der Waals surface area contributed by atoms with Gasteiger partial charge < -0.3 is 19.8 Å². The molecule has 2 unspecified atom stereocenters. The van der Waals surface area contributed by atoms with Crippen LogP contribution in [-0.4, -0.2) is 63.7 Å². The van der Waals surface area contributed by atoms with Crippen LogP contribution >= 0.6 is 0 Å². The first kappa shape index (κ1) is 27.9. The van der Waals surface area contributed by atoms with E-state index in [0.29, 0.717) is 42.8 Å². The lowest BCUT2D eigenvalue weighted by Crippen LogP contribution is -2.35. The van der Waals surface area contributed by atoms with Crippen molar-refractivity contribution in [2.24, 2.45) is 17.6 Å². The number of ether oxygens (including phenoxy) is 1. The zero-order valence-electron chi connectivity index (χ0n) is 22.4. The predicted octanol–water partition coefficient (Wildman–Crippen LogP) is 3.19. The van der Waals surface area contributed by atoms with Crippen molar-refractivity contribution in [3.8, 4) is 11.5 Å². The summed E-state index contributed by atoms with van der Waals surface area (Å²) >= 11 is 0. The number of halogens is 1. The molecule has 0 saturated heterocycles. The third-order valence-electron chi connectivity index (χ3n) is 6.88. The molecule has 0 bridgehead atoms. The Morgan fingerprint density at radius 3 is 2.47 bits per heavy atom. The molecule has 3 atom stereocenters. The minimum Gasteiger partial charge on any atom is -0.419 e. The number of aromatic nitrogens is 3. The second-order valence-electron chi connectivity index (χ2n) is 10.3. The summed E-state index contributed by atoms with van der Waals surface area (Å²) in [4.78, 5) is 6.77. The standard InChI is InChI=1S/C26H35FN6O4S/c1-17-12-20(17)16-33(10-11-36-4)23-14-19(13-22(29-23)32(3)38(5,34)35)24-30-31-25(37-24)26(2,28)15-18-6-8-21(27)9-7-18/h6-9,13-14,17,20H,10-12,15-16,28H2,1-5H3/t17?,20?,26-/m1/s1. The number of hydrogen-bond acceptors (Lipinski definition) is 9. The number of rotatable bonds is 12. The van der Waals surface area contributed by atoms with E-state index in [-0.39, 0.29) is 23.4 Å². The van der Waals surface area contributed by atoms with E-state index in [1.807, 2.05) is 6.07 Å². The molecule has 0 radical (unpaired) electrons. The molecule has 1 aliphatic rings. The maximum atomic E-state index is 13.3. The van der Waals surface area contributed by atoms with E-state index in [1.165, 1.54) is 19.2 Å². The van der Waals surface area contributed by atoms with E-state index in [2.05, 4.69) is 27.0 Å². The van der Waals surface area contributed by atoms with Gasteiger partial charge in [-0.2, -0.15) is 0 Å². The monoisotopic (exact) mass is 546 g/mol. The Hall–Kier alpha value is -3.09. The SMILES string of the molecule is COCCN(CC1CC1C)c1cc(-c2nnc([C@](C)(N)Cc3ccc(F)cc3)o2)cc(N(C)S(C)(=O)=O)n1. The summed E-state index contributed by atoms with van der Waals surface area (Å²) in [5.74, 6) is 2.05. The lowest BCUT2D eigenvalue weighted by Gasteiger charge is -2.26. The molecule has 2 N–H and O–H groups in total. The molecule has 2 heterocycles. The van der Waals surface area contributed by atoms with Gasteiger partial charge in [-0.25, -0.2) is 17.8 Å². The summed E-state index contributed by atoms with van der Waals surface area (Å²) in [6, 6.07) is 9.49. The van der Waals surface area contributed by atoms with E-state index >= 15 is 0 Å². The van der Waals surface area contributed by atoms with Gasteiger partial charge in [-0.3, -0.25) is 4.31 Å². The summed E-state index contributed by atoms with van der Waals surface area (Å²) in [7, 11) is -0.485. The van der Waals surface area contributed by atoms with Crippen molar-refractivity contribution >= 4 is 21.7 Å². The normalized spacial score (nSPS) is 18.7. The molecule has 38 heavy (non-hydrogen) atoms. The number of hydrogen-bond donors (Lipinski definition) is 1. The van der Waals surface area contributed by atoms with Crippen LogP contribution in [0.1, 0.15) is 31.7 Å². The lowest BCUT2D eigenvalue weighted by molar-refractivity contribution is 0.204. The molecule has 206 valence electrons. The summed E-state index contributed by atoms with van der Waals surface area (Å²) in [5.41, 5.74) is 6.85. The highest BCUT2D eigenvalue weighted by Crippen LogP contribution is 2.39.